The van der Waals surface area contributed by atoms with Gasteiger partial charge >= 0.3 is 5.97 Å². The predicted octanol–water partition coefficient (Wildman–Crippen LogP) is 3.34. The zero-order valence-corrected chi connectivity index (χ0v) is 15.5. The van der Waals surface area contributed by atoms with Gasteiger partial charge in [-0.3, -0.25) is 9.59 Å². The number of furan rings is 1. The van der Waals surface area contributed by atoms with Crippen LogP contribution in [0.4, 0.5) is 10.7 Å². The van der Waals surface area contributed by atoms with Gasteiger partial charge in [-0.05, 0) is 42.3 Å². The van der Waals surface area contributed by atoms with E-state index in [0.29, 0.717) is 16.4 Å². The average molecular weight is 396 g/mol. The summed E-state index contributed by atoms with van der Waals surface area (Å²) in [4.78, 5) is 38.5. The largest absolute Gasteiger partial charge is 0.459 e. The first-order valence-corrected chi connectivity index (χ1v) is 9.43. The van der Waals surface area contributed by atoms with Crippen molar-refractivity contribution in [1.29, 1.82) is 0 Å². The average Bonchev–Trinajstić information content (AvgIpc) is 3.45. The Morgan fingerprint density at radius 3 is 2.79 bits per heavy atom. The Labute approximate surface area is 164 Å². The fraction of sp³-hybridized carbons (Fsp3) is 0.150. The van der Waals surface area contributed by atoms with E-state index in [1.807, 2.05) is 24.3 Å². The molecule has 4 rings (SSSR count). The number of fused-ring (bicyclic) bond motifs is 1. The first-order valence-electron chi connectivity index (χ1n) is 8.62. The number of carbonyl (C=O) groups excluding carboxylic acids is 3. The Morgan fingerprint density at radius 1 is 1.11 bits per heavy atom. The molecule has 1 aliphatic heterocycles. The van der Waals surface area contributed by atoms with Crippen molar-refractivity contribution in [1.82, 2.24) is 0 Å². The van der Waals surface area contributed by atoms with Crippen molar-refractivity contribution in [2.24, 2.45) is 0 Å². The number of ether oxygens (including phenoxy) is 1. The normalized spacial score (nSPS) is 12.5. The third-order valence-electron chi connectivity index (χ3n) is 4.30. The summed E-state index contributed by atoms with van der Waals surface area (Å²) in [6.07, 6.45) is 2.20. The van der Waals surface area contributed by atoms with Crippen molar-refractivity contribution in [3.05, 3.63) is 71.0 Å². The number of anilines is 2. The van der Waals surface area contributed by atoms with E-state index in [0.717, 1.165) is 29.0 Å². The minimum atomic E-state index is -0.607. The van der Waals surface area contributed by atoms with E-state index in [9.17, 15) is 14.4 Å². The topological polar surface area (TPSA) is 88.8 Å². The number of para-hydroxylation sites is 1. The third kappa shape index (κ3) is 3.67. The molecule has 0 fully saturated rings. The fourth-order valence-electron chi connectivity index (χ4n) is 2.97. The summed E-state index contributed by atoms with van der Waals surface area (Å²) in [7, 11) is 0. The maximum absolute atomic E-state index is 12.4. The van der Waals surface area contributed by atoms with Crippen LogP contribution in [0.2, 0.25) is 0 Å². The van der Waals surface area contributed by atoms with Gasteiger partial charge in [0.2, 0.25) is 0 Å². The van der Waals surface area contributed by atoms with E-state index in [1.54, 1.807) is 29.2 Å². The summed E-state index contributed by atoms with van der Waals surface area (Å²) in [5, 5.41) is 3.12. The molecule has 2 aromatic heterocycles. The van der Waals surface area contributed by atoms with Gasteiger partial charge in [0.05, 0.1) is 11.3 Å². The molecule has 3 aromatic rings. The second kappa shape index (κ2) is 7.69. The van der Waals surface area contributed by atoms with E-state index < -0.39 is 11.9 Å². The molecule has 0 bridgehead atoms. The molecule has 1 aliphatic rings. The lowest BCUT2D eigenvalue weighted by Crippen LogP contribution is -2.33. The van der Waals surface area contributed by atoms with Gasteiger partial charge in [-0.1, -0.05) is 18.2 Å². The molecule has 0 unspecified atom stereocenters. The molecule has 0 saturated carbocycles. The second-order valence-corrected chi connectivity index (χ2v) is 7.18. The molecule has 0 aliphatic carbocycles. The smallest absolute Gasteiger partial charge is 0.348 e. The van der Waals surface area contributed by atoms with Crippen LogP contribution in [0, 0.1) is 0 Å². The fourth-order valence-corrected chi connectivity index (χ4v) is 3.76. The van der Waals surface area contributed by atoms with Crippen molar-refractivity contribution in [3.8, 4) is 0 Å². The molecule has 8 heteroatoms. The molecular weight excluding hydrogens is 380 g/mol. The van der Waals surface area contributed by atoms with Crippen molar-refractivity contribution < 1.29 is 23.5 Å². The van der Waals surface area contributed by atoms with Crippen molar-refractivity contribution in [3.63, 3.8) is 0 Å². The molecule has 28 heavy (non-hydrogen) atoms. The van der Waals surface area contributed by atoms with Gasteiger partial charge < -0.3 is 19.4 Å². The van der Waals surface area contributed by atoms with Crippen molar-refractivity contribution >= 4 is 39.8 Å². The Morgan fingerprint density at radius 2 is 1.96 bits per heavy atom. The van der Waals surface area contributed by atoms with Crippen molar-refractivity contribution in [2.75, 3.05) is 23.4 Å². The monoisotopic (exact) mass is 396 g/mol. The summed E-state index contributed by atoms with van der Waals surface area (Å²) in [5.41, 5.74) is 1.97. The van der Waals surface area contributed by atoms with Crippen LogP contribution >= 0.6 is 11.3 Å². The molecule has 1 N–H and O–H groups in total. The SMILES string of the molecule is O=C(Nc1ccc(C(=O)OCC(=O)N2CCc3ccccc32)s1)c1ccco1. The number of hydrogen-bond acceptors (Lipinski definition) is 6. The Bertz CT molecular complexity index is 1020. The first kappa shape index (κ1) is 18.0. The minimum absolute atomic E-state index is 0.175. The second-order valence-electron chi connectivity index (χ2n) is 6.10. The minimum Gasteiger partial charge on any atom is -0.459 e. The number of nitrogens with zero attached hydrogens (tertiary/aromatic N) is 1. The third-order valence-corrected chi connectivity index (χ3v) is 5.28. The summed E-state index contributed by atoms with van der Waals surface area (Å²) >= 11 is 1.07. The van der Waals surface area contributed by atoms with Crippen LogP contribution in [-0.2, 0) is 16.0 Å². The van der Waals surface area contributed by atoms with Crippen LogP contribution in [0.1, 0.15) is 25.8 Å². The van der Waals surface area contributed by atoms with Gasteiger partial charge in [0.25, 0.3) is 11.8 Å². The van der Waals surface area contributed by atoms with Gasteiger partial charge in [0, 0.05) is 12.2 Å². The molecular formula is C20H16N2O5S. The lowest BCUT2D eigenvalue weighted by molar-refractivity contribution is -0.121. The number of carbonyl (C=O) groups is 3. The number of hydrogen-bond donors (Lipinski definition) is 1. The Balaban J connectivity index is 1.33. The lowest BCUT2D eigenvalue weighted by atomic mass is 10.2. The number of rotatable bonds is 5. The molecule has 1 aromatic carbocycles. The number of amides is 2. The highest BCUT2D eigenvalue weighted by molar-refractivity contribution is 7.18. The molecule has 2 amide bonds. The summed E-state index contributed by atoms with van der Waals surface area (Å²) < 4.78 is 10.2. The molecule has 0 saturated heterocycles. The summed E-state index contributed by atoms with van der Waals surface area (Å²) in [6.45, 7) is 0.247. The lowest BCUT2D eigenvalue weighted by Gasteiger charge is -2.16. The molecule has 0 radical (unpaired) electrons. The van der Waals surface area contributed by atoms with Gasteiger partial charge in [-0.2, -0.15) is 0 Å². The Hall–Kier alpha value is -3.39. The number of nitrogens with one attached hydrogen (secondary N) is 1. The van der Waals surface area contributed by atoms with E-state index in [4.69, 9.17) is 9.15 Å². The van der Waals surface area contributed by atoms with Crippen LogP contribution in [0.15, 0.2) is 59.2 Å². The van der Waals surface area contributed by atoms with Crippen LogP contribution in [0.3, 0.4) is 0 Å². The molecule has 3 heterocycles. The number of benzene rings is 1. The van der Waals surface area contributed by atoms with E-state index in [-0.39, 0.29) is 18.3 Å². The van der Waals surface area contributed by atoms with E-state index >= 15 is 0 Å². The predicted molar refractivity (Wildman–Crippen MR) is 104 cm³/mol. The summed E-state index contributed by atoms with van der Waals surface area (Å²) in [6, 6.07) is 14.0. The maximum atomic E-state index is 12.4. The van der Waals surface area contributed by atoms with E-state index in [2.05, 4.69) is 5.32 Å². The highest BCUT2D eigenvalue weighted by atomic mass is 32.1. The van der Waals surface area contributed by atoms with Gasteiger partial charge in [-0.15, -0.1) is 11.3 Å². The quantitative estimate of drug-likeness (QED) is 0.668. The highest BCUT2D eigenvalue weighted by Gasteiger charge is 2.25. The number of esters is 1. The standard InChI is InChI=1S/C20H16N2O5S/c23-18(22-10-9-13-4-1-2-5-14(13)22)12-27-20(25)16-7-8-17(28-16)21-19(24)15-6-3-11-26-15/h1-8,11H,9-10,12H2,(H,21,24). The first-order chi connectivity index (χ1) is 13.6. The van der Waals surface area contributed by atoms with Crippen LogP contribution < -0.4 is 10.2 Å². The van der Waals surface area contributed by atoms with Crippen molar-refractivity contribution in [2.45, 2.75) is 6.42 Å². The Kier molecular flexibility index (Phi) is 4.94. The highest BCUT2D eigenvalue weighted by Crippen LogP contribution is 2.28. The molecule has 7 nitrogen and oxygen atoms in total. The zero-order chi connectivity index (χ0) is 19.5. The molecule has 142 valence electrons. The maximum Gasteiger partial charge on any atom is 0.348 e. The van der Waals surface area contributed by atoms with Gasteiger partial charge in [-0.25, -0.2) is 4.79 Å². The van der Waals surface area contributed by atoms with Crippen LogP contribution in [-0.4, -0.2) is 30.9 Å². The molecule has 0 atom stereocenters. The van der Waals surface area contributed by atoms with Gasteiger partial charge in [0.15, 0.2) is 12.4 Å². The number of thiophene rings is 1. The zero-order valence-electron chi connectivity index (χ0n) is 14.7. The summed E-state index contributed by atoms with van der Waals surface area (Å²) in [5.74, 6) is -1.10. The van der Waals surface area contributed by atoms with E-state index in [1.165, 1.54) is 6.26 Å². The van der Waals surface area contributed by atoms with Gasteiger partial charge in [0.1, 0.15) is 4.88 Å². The van der Waals surface area contributed by atoms with Crippen LogP contribution in [0.5, 0.6) is 0 Å². The molecule has 0 spiro atoms. The van der Waals surface area contributed by atoms with Crippen LogP contribution in [0.25, 0.3) is 0 Å².